The molecule has 10 nitrogen and oxygen atoms in total. The van der Waals surface area contributed by atoms with E-state index in [-0.39, 0.29) is 12.5 Å². The van der Waals surface area contributed by atoms with E-state index in [1.807, 2.05) is 47.4 Å². The van der Waals surface area contributed by atoms with E-state index in [1.165, 1.54) is 4.90 Å². The van der Waals surface area contributed by atoms with Gasteiger partial charge in [-0.1, -0.05) is 18.2 Å². The number of anilines is 2. The van der Waals surface area contributed by atoms with Crippen molar-refractivity contribution in [2.24, 2.45) is 5.11 Å². The Morgan fingerprint density at radius 1 is 0.912 bits per heavy atom. The molecule has 0 N–H and O–H groups in total. The van der Waals surface area contributed by atoms with Gasteiger partial charge in [0.1, 0.15) is 5.75 Å². The van der Waals surface area contributed by atoms with Crippen LogP contribution in [0.4, 0.5) is 11.4 Å². The molecule has 1 unspecified atom stereocenters. The number of nitrogens with zero attached hydrogens (tertiary/aromatic N) is 6. The predicted octanol–water partition coefficient (Wildman–Crippen LogP) is 0.981. The van der Waals surface area contributed by atoms with Crippen molar-refractivity contribution in [3.05, 3.63) is 54.6 Å². The second-order valence-electron chi connectivity index (χ2n) is 8.42. The molecule has 34 heavy (non-hydrogen) atoms. The van der Waals surface area contributed by atoms with Gasteiger partial charge in [0.25, 0.3) is 18.7 Å². The minimum atomic E-state index is -0.760. The molecule has 0 aromatic heterocycles. The summed E-state index contributed by atoms with van der Waals surface area (Å²) in [6.07, 6.45) is -0.652. The SMILES string of the molecule is COc1ccc(N2CCN3C(=O)C(=O)[N+](CC(=O)N4CCN(c5ccccc5)CC4)=NC32)cc1. The Morgan fingerprint density at radius 3 is 2.26 bits per heavy atom. The molecule has 2 fully saturated rings. The van der Waals surface area contributed by atoms with Gasteiger partial charge in [-0.05, 0) is 41.1 Å². The van der Waals surface area contributed by atoms with Crippen LogP contribution in [-0.2, 0) is 14.4 Å². The van der Waals surface area contributed by atoms with Crippen LogP contribution >= 0.6 is 0 Å². The van der Waals surface area contributed by atoms with Gasteiger partial charge in [0.05, 0.1) is 7.11 Å². The minimum absolute atomic E-state index is 0.208. The van der Waals surface area contributed by atoms with E-state index < -0.39 is 18.1 Å². The number of carbonyl (C=O) groups excluding carboxylic acids is 3. The van der Waals surface area contributed by atoms with Gasteiger partial charge in [0, 0.05) is 55.8 Å². The number of azo groups is 2. The summed E-state index contributed by atoms with van der Waals surface area (Å²) < 4.78 is 6.25. The number of fused-ring (bicyclic) bond motifs is 1. The van der Waals surface area contributed by atoms with Crippen molar-refractivity contribution < 1.29 is 23.8 Å². The number of hydrogen-bond acceptors (Lipinski definition) is 7. The smallest absolute Gasteiger partial charge is 0.497 e. The summed E-state index contributed by atoms with van der Waals surface area (Å²) >= 11 is 0. The Hall–Kier alpha value is -3.95. The third kappa shape index (κ3) is 4.07. The van der Waals surface area contributed by atoms with Crippen molar-refractivity contribution in [1.82, 2.24) is 9.80 Å². The van der Waals surface area contributed by atoms with E-state index in [4.69, 9.17) is 4.74 Å². The first-order chi connectivity index (χ1) is 16.5. The number of hydrogen-bond donors (Lipinski definition) is 0. The van der Waals surface area contributed by atoms with E-state index >= 15 is 0 Å². The third-order valence-corrected chi connectivity index (χ3v) is 6.50. The van der Waals surface area contributed by atoms with Gasteiger partial charge in [-0.2, -0.15) is 0 Å². The Morgan fingerprint density at radius 2 is 1.59 bits per heavy atom. The molecule has 3 aliphatic heterocycles. The van der Waals surface area contributed by atoms with Crippen molar-refractivity contribution in [2.45, 2.75) is 6.29 Å². The molecular weight excluding hydrogens is 436 g/mol. The van der Waals surface area contributed by atoms with Crippen LogP contribution in [0.25, 0.3) is 0 Å². The first-order valence-electron chi connectivity index (χ1n) is 11.4. The number of methoxy groups -OCH3 is 1. The Labute approximate surface area is 197 Å². The summed E-state index contributed by atoms with van der Waals surface area (Å²) in [5, 5.41) is 4.50. The average molecular weight is 464 g/mol. The van der Waals surface area contributed by atoms with Crippen molar-refractivity contribution >= 4 is 29.1 Å². The van der Waals surface area contributed by atoms with Crippen LogP contribution in [0, 0.1) is 0 Å². The summed E-state index contributed by atoms with van der Waals surface area (Å²) in [5.74, 6) is -0.868. The summed E-state index contributed by atoms with van der Waals surface area (Å²) in [5.41, 5.74) is 1.99. The van der Waals surface area contributed by atoms with Crippen LogP contribution in [0.3, 0.4) is 0 Å². The third-order valence-electron chi connectivity index (χ3n) is 6.50. The lowest BCUT2D eigenvalue weighted by Crippen LogP contribution is -2.55. The fraction of sp³-hybridized carbons (Fsp3) is 0.375. The van der Waals surface area contributed by atoms with E-state index in [1.54, 1.807) is 12.0 Å². The Balaban J connectivity index is 1.27. The number of piperazine rings is 1. The topological polar surface area (TPSA) is 88.8 Å². The summed E-state index contributed by atoms with van der Waals surface area (Å²) in [6, 6.07) is 17.5. The number of rotatable bonds is 5. The van der Waals surface area contributed by atoms with Crippen LogP contribution < -0.4 is 14.5 Å². The van der Waals surface area contributed by atoms with Crippen molar-refractivity contribution in [3.63, 3.8) is 0 Å². The van der Waals surface area contributed by atoms with E-state index in [0.717, 1.165) is 21.8 Å². The zero-order valence-corrected chi connectivity index (χ0v) is 19.0. The van der Waals surface area contributed by atoms with Gasteiger partial charge in [-0.25, -0.2) is 4.79 Å². The first kappa shape index (κ1) is 21.9. The monoisotopic (exact) mass is 463 g/mol. The fourth-order valence-corrected chi connectivity index (χ4v) is 4.59. The van der Waals surface area contributed by atoms with E-state index in [2.05, 4.69) is 22.1 Å². The lowest BCUT2D eigenvalue weighted by Gasteiger charge is -2.35. The van der Waals surface area contributed by atoms with Crippen molar-refractivity contribution in [1.29, 1.82) is 0 Å². The lowest BCUT2D eigenvalue weighted by atomic mass is 10.2. The van der Waals surface area contributed by atoms with E-state index in [0.29, 0.717) is 39.3 Å². The zero-order valence-electron chi connectivity index (χ0n) is 19.0. The number of benzene rings is 2. The zero-order chi connectivity index (χ0) is 23.7. The van der Waals surface area contributed by atoms with E-state index in [9.17, 15) is 14.4 Å². The summed E-state index contributed by atoms with van der Waals surface area (Å²) in [4.78, 5) is 45.8. The van der Waals surface area contributed by atoms with Gasteiger partial charge in [0.15, 0.2) is 0 Å². The highest BCUT2D eigenvalue weighted by molar-refractivity contribution is 6.31. The highest BCUT2D eigenvalue weighted by atomic mass is 16.5. The number of carbonyl (C=O) groups is 3. The van der Waals surface area contributed by atoms with Gasteiger partial charge >= 0.3 is 11.8 Å². The van der Waals surface area contributed by atoms with Crippen LogP contribution in [0.2, 0.25) is 0 Å². The molecule has 176 valence electrons. The van der Waals surface area contributed by atoms with Crippen LogP contribution in [0.15, 0.2) is 59.7 Å². The number of amides is 3. The molecule has 0 aliphatic carbocycles. The normalized spacial score (nSPS) is 20.4. The maximum absolute atomic E-state index is 13.0. The highest BCUT2D eigenvalue weighted by Gasteiger charge is 2.50. The minimum Gasteiger partial charge on any atom is -0.497 e. The Kier molecular flexibility index (Phi) is 5.87. The van der Waals surface area contributed by atoms with Crippen LogP contribution in [-0.4, -0.2) is 91.4 Å². The molecule has 2 aromatic carbocycles. The largest absolute Gasteiger partial charge is 0.502 e. The molecule has 0 spiro atoms. The molecule has 10 heteroatoms. The van der Waals surface area contributed by atoms with Crippen LogP contribution in [0.1, 0.15) is 0 Å². The summed E-state index contributed by atoms with van der Waals surface area (Å²) in [6.45, 7) is 3.23. The van der Waals surface area contributed by atoms with Gasteiger partial charge in [-0.3, -0.25) is 14.5 Å². The molecule has 2 saturated heterocycles. The van der Waals surface area contributed by atoms with Crippen molar-refractivity contribution in [3.8, 4) is 5.75 Å². The highest BCUT2D eigenvalue weighted by Crippen LogP contribution is 2.28. The second kappa shape index (κ2) is 9.12. The van der Waals surface area contributed by atoms with Gasteiger partial charge in [0.2, 0.25) is 0 Å². The fourth-order valence-electron chi connectivity index (χ4n) is 4.59. The average Bonchev–Trinajstić information content (AvgIpc) is 3.31. The standard InChI is InChI=1S/C24H27N6O4/c1-34-20-9-7-19(8-10-20)28-15-16-29-22(32)23(33)30(25-24(28)29)17-21(31)27-13-11-26(12-14-27)18-5-3-2-4-6-18/h2-10,24H,11-17H2,1H3/q+1. The molecular formula is C24H27N6O4+. The molecule has 3 heterocycles. The van der Waals surface area contributed by atoms with Gasteiger partial charge < -0.3 is 19.4 Å². The molecule has 3 aliphatic rings. The summed E-state index contributed by atoms with van der Waals surface area (Å²) in [7, 11) is 1.60. The predicted molar refractivity (Wildman–Crippen MR) is 124 cm³/mol. The Bertz CT molecular complexity index is 1110. The molecule has 0 radical (unpaired) electrons. The molecule has 3 amide bonds. The molecule has 1 atom stereocenters. The number of ether oxygens (including phenoxy) is 1. The number of para-hydroxylation sites is 1. The maximum atomic E-state index is 13.0. The van der Waals surface area contributed by atoms with Crippen LogP contribution in [0.5, 0.6) is 5.75 Å². The molecule has 0 saturated carbocycles. The van der Waals surface area contributed by atoms with Crippen molar-refractivity contribution in [2.75, 3.05) is 62.7 Å². The quantitative estimate of drug-likeness (QED) is 0.485. The lowest BCUT2D eigenvalue weighted by molar-refractivity contribution is -0.510. The molecule has 0 bridgehead atoms. The molecule has 5 rings (SSSR count). The van der Waals surface area contributed by atoms with Gasteiger partial charge in [-0.15, -0.1) is 0 Å². The second-order valence-corrected chi connectivity index (χ2v) is 8.42. The maximum Gasteiger partial charge on any atom is 0.502 e. The first-order valence-corrected chi connectivity index (χ1v) is 11.4. The molecule has 2 aromatic rings.